The van der Waals surface area contributed by atoms with Crippen molar-refractivity contribution in [3.8, 4) is 0 Å². The van der Waals surface area contributed by atoms with Gasteiger partial charge in [-0.15, -0.1) is 24.0 Å². The molecule has 0 aliphatic carbocycles. The van der Waals surface area contributed by atoms with Crippen LogP contribution >= 0.6 is 35.7 Å². The number of nitrogens with two attached hydrogens (primary N) is 1. The number of benzene rings is 1. The highest BCUT2D eigenvalue weighted by molar-refractivity contribution is 14.0. The lowest BCUT2D eigenvalue weighted by atomic mass is 10.1. The molecule has 1 aromatic carbocycles. The molecule has 5 nitrogen and oxygen atoms in total. The van der Waals surface area contributed by atoms with Crippen LogP contribution in [0, 0.1) is 0 Å². The maximum atomic E-state index is 6.12. The Kier molecular flexibility index (Phi) is 9.36. The minimum absolute atomic E-state index is 0. The van der Waals surface area contributed by atoms with Gasteiger partial charge >= 0.3 is 0 Å². The number of ether oxygens (including phenoxy) is 2. The lowest BCUT2D eigenvalue weighted by Gasteiger charge is -2.27. The maximum Gasteiger partial charge on any atom is 0.191 e. The summed E-state index contributed by atoms with van der Waals surface area (Å²) in [5, 5.41) is 0. The van der Waals surface area contributed by atoms with Gasteiger partial charge in [0.2, 0.25) is 0 Å². The lowest BCUT2D eigenvalue weighted by Crippen LogP contribution is -2.42. The molecular formula is C18H28IN3O2S. The van der Waals surface area contributed by atoms with E-state index in [1.807, 2.05) is 11.8 Å². The van der Waals surface area contributed by atoms with Crippen molar-refractivity contribution < 1.29 is 9.47 Å². The number of rotatable bonds is 5. The Balaban J connectivity index is 0.00000225. The first-order valence-electron chi connectivity index (χ1n) is 8.71. The summed E-state index contributed by atoms with van der Waals surface area (Å²) in [6.45, 7) is 4.90. The smallest absolute Gasteiger partial charge is 0.191 e. The van der Waals surface area contributed by atoms with E-state index in [0.717, 1.165) is 50.7 Å². The van der Waals surface area contributed by atoms with E-state index in [0.29, 0.717) is 25.2 Å². The Morgan fingerprint density at radius 2 is 1.96 bits per heavy atom. The Hall–Kier alpha value is -0.510. The number of hydrogen-bond acceptors (Lipinski definition) is 4. The highest BCUT2D eigenvalue weighted by Gasteiger charge is 2.14. The first-order valence-corrected chi connectivity index (χ1v) is 9.86. The third-order valence-electron chi connectivity index (χ3n) is 4.40. The van der Waals surface area contributed by atoms with Crippen LogP contribution in [0.5, 0.6) is 0 Å². The molecule has 7 heteroatoms. The molecule has 140 valence electrons. The molecule has 0 atom stereocenters. The van der Waals surface area contributed by atoms with Crippen molar-refractivity contribution in [2.75, 3.05) is 37.8 Å². The molecule has 0 saturated carbocycles. The molecular weight excluding hydrogens is 449 g/mol. The van der Waals surface area contributed by atoms with E-state index >= 15 is 0 Å². The van der Waals surface area contributed by atoms with Gasteiger partial charge in [0.15, 0.2) is 5.96 Å². The molecule has 0 spiro atoms. The van der Waals surface area contributed by atoms with Crippen LogP contribution in [0.25, 0.3) is 0 Å². The largest absolute Gasteiger partial charge is 0.381 e. The van der Waals surface area contributed by atoms with E-state index in [2.05, 4.69) is 34.2 Å². The van der Waals surface area contributed by atoms with E-state index in [9.17, 15) is 0 Å². The second-order valence-corrected chi connectivity index (χ2v) is 7.44. The third kappa shape index (κ3) is 6.96. The molecule has 0 radical (unpaired) electrons. The van der Waals surface area contributed by atoms with Crippen molar-refractivity contribution in [2.24, 2.45) is 10.7 Å². The Labute approximate surface area is 171 Å². The normalized spacial score (nSPS) is 19.5. The fraction of sp³-hybridized carbons (Fsp3) is 0.611. The van der Waals surface area contributed by atoms with Crippen LogP contribution < -0.4 is 5.73 Å². The van der Waals surface area contributed by atoms with Gasteiger partial charge in [0, 0.05) is 37.8 Å². The van der Waals surface area contributed by atoms with E-state index in [1.165, 1.54) is 11.1 Å². The van der Waals surface area contributed by atoms with Crippen LogP contribution in [-0.2, 0) is 22.6 Å². The molecule has 2 saturated heterocycles. The predicted octanol–water partition coefficient (Wildman–Crippen LogP) is 2.86. The van der Waals surface area contributed by atoms with Crippen molar-refractivity contribution in [3.63, 3.8) is 0 Å². The van der Waals surface area contributed by atoms with Crippen molar-refractivity contribution in [3.05, 3.63) is 35.4 Å². The summed E-state index contributed by atoms with van der Waals surface area (Å²) in [7, 11) is 0. The van der Waals surface area contributed by atoms with Gasteiger partial charge in [-0.3, -0.25) is 0 Å². The van der Waals surface area contributed by atoms with Gasteiger partial charge in [-0.25, -0.2) is 4.99 Å². The quantitative estimate of drug-likeness (QED) is 0.402. The molecule has 0 amide bonds. The Morgan fingerprint density at radius 3 is 2.72 bits per heavy atom. The SMILES string of the molecule is I.NC(=NCc1cccc(COC2CCOCC2)c1)N1CCSCC1. The Bertz CT molecular complexity index is 547. The average molecular weight is 477 g/mol. The molecule has 2 aliphatic rings. The number of thioether (sulfide) groups is 1. The summed E-state index contributed by atoms with van der Waals surface area (Å²) < 4.78 is 11.4. The second kappa shape index (κ2) is 11.3. The van der Waals surface area contributed by atoms with Gasteiger partial charge in [-0.2, -0.15) is 11.8 Å². The van der Waals surface area contributed by atoms with Crippen LogP contribution in [0.3, 0.4) is 0 Å². The number of guanidine groups is 1. The molecule has 2 aliphatic heterocycles. The summed E-state index contributed by atoms with van der Waals surface area (Å²) >= 11 is 1.98. The fourth-order valence-electron chi connectivity index (χ4n) is 2.94. The number of nitrogens with zero attached hydrogens (tertiary/aromatic N) is 2. The fourth-order valence-corrected chi connectivity index (χ4v) is 3.84. The summed E-state index contributed by atoms with van der Waals surface area (Å²) in [6, 6.07) is 8.45. The molecule has 3 rings (SSSR count). The monoisotopic (exact) mass is 477 g/mol. The molecule has 0 bridgehead atoms. The molecule has 2 fully saturated rings. The van der Waals surface area contributed by atoms with Crippen LogP contribution in [0.2, 0.25) is 0 Å². The van der Waals surface area contributed by atoms with Crippen LogP contribution in [0.4, 0.5) is 0 Å². The first kappa shape index (κ1) is 20.8. The van der Waals surface area contributed by atoms with Gasteiger partial charge in [-0.05, 0) is 24.0 Å². The number of aliphatic imine (C=N–C) groups is 1. The van der Waals surface area contributed by atoms with Crippen LogP contribution in [-0.4, -0.2) is 54.8 Å². The third-order valence-corrected chi connectivity index (χ3v) is 5.35. The molecule has 1 aromatic rings. The van der Waals surface area contributed by atoms with Gasteiger partial charge in [0.25, 0.3) is 0 Å². The standard InChI is InChI=1S/C18H27N3O2S.HI/c19-18(21-6-10-24-11-7-21)20-13-15-2-1-3-16(12-15)14-23-17-4-8-22-9-5-17;/h1-3,12,17H,4-11,13-14H2,(H2,19,20);1H. The van der Waals surface area contributed by atoms with Gasteiger partial charge in [-0.1, -0.05) is 24.3 Å². The summed E-state index contributed by atoms with van der Waals surface area (Å²) in [4.78, 5) is 6.74. The van der Waals surface area contributed by atoms with E-state index in [4.69, 9.17) is 15.2 Å². The topological polar surface area (TPSA) is 60.1 Å². The van der Waals surface area contributed by atoms with Crippen molar-refractivity contribution in [2.45, 2.75) is 32.1 Å². The van der Waals surface area contributed by atoms with Crippen molar-refractivity contribution >= 4 is 41.7 Å². The maximum absolute atomic E-state index is 6.12. The van der Waals surface area contributed by atoms with Gasteiger partial charge < -0.3 is 20.1 Å². The first-order chi connectivity index (χ1) is 11.8. The minimum atomic E-state index is 0. The van der Waals surface area contributed by atoms with Crippen LogP contribution in [0.15, 0.2) is 29.3 Å². The summed E-state index contributed by atoms with van der Waals surface area (Å²) in [6.07, 6.45) is 2.32. The number of halogens is 1. The predicted molar refractivity (Wildman–Crippen MR) is 115 cm³/mol. The van der Waals surface area contributed by atoms with E-state index in [-0.39, 0.29) is 24.0 Å². The average Bonchev–Trinajstić information content (AvgIpc) is 2.66. The van der Waals surface area contributed by atoms with Gasteiger partial charge in [0.1, 0.15) is 0 Å². The highest BCUT2D eigenvalue weighted by Crippen LogP contribution is 2.15. The lowest BCUT2D eigenvalue weighted by molar-refractivity contribution is -0.0390. The zero-order valence-corrected chi connectivity index (χ0v) is 17.7. The van der Waals surface area contributed by atoms with Crippen LogP contribution in [0.1, 0.15) is 24.0 Å². The number of hydrogen-bond donors (Lipinski definition) is 1. The zero-order valence-electron chi connectivity index (χ0n) is 14.6. The molecule has 0 unspecified atom stereocenters. The Morgan fingerprint density at radius 1 is 1.24 bits per heavy atom. The van der Waals surface area contributed by atoms with Crippen molar-refractivity contribution in [1.82, 2.24) is 4.90 Å². The van der Waals surface area contributed by atoms with E-state index < -0.39 is 0 Å². The summed E-state index contributed by atoms with van der Waals surface area (Å²) in [5.74, 6) is 2.93. The second-order valence-electron chi connectivity index (χ2n) is 6.22. The zero-order chi connectivity index (χ0) is 16.6. The molecule has 25 heavy (non-hydrogen) atoms. The highest BCUT2D eigenvalue weighted by atomic mass is 127. The summed E-state index contributed by atoms with van der Waals surface area (Å²) in [5.41, 5.74) is 8.50. The molecule has 2 N–H and O–H groups in total. The van der Waals surface area contributed by atoms with Crippen molar-refractivity contribution in [1.29, 1.82) is 0 Å². The minimum Gasteiger partial charge on any atom is -0.381 e. The molecule has 0 aromatic heterocycles. The molecule has 2 heterocycles. The van der Waals surface area contributed by atoms with E-state index in [1.54, 1.807) is 0 Å². The van der Waals surface area contributed by atoms with Gasteiger partial charge in [0.05, 0.1) is 19.3 Å².